The molecular weight excluding hydrogens is 186 g/mol. The van der Waals surface area contributed by atoms with E-state index in [1.807, 2.05) is 0 Å². The Bertz CT molecular complexity index is 159. The van der Waals surface area contributed by atoms with E-state index in [0.717, 1.165) is 13.3 Å². The smallest absolute Gasteiger partial charge is 0.799 e. The predicted molar refractivity (Wildman–Crippen MR) is 37.7 cm³/mol. The molecule has 0 aromatic heterocycles. The van der Waals surface area contributed by atoms with Crippen LogP contribution in [-0.4, -0.2) is 42.3 Å². The van der Waals surface area contributed by atoms with Crippen molar-refractivity contribution < 1.29 is 18.9 Å². The molecule has 0 aliphatic rings. The van der Waals surface area contributed by atoms with Crippen molar-refractivity contribution in [3.8, 4) is 0 Å². The molecule has 0 aliphatic carbocycles. The Morgan fingerprint density at radius 3 is 1.30 bits per heavy atom. The van der Waals surface area contributed by atoms with E-state index in [9.17, 15) is 18.9 Å². The molecule has 0 bridgehead atoms. The summed E-state index contributed by atoms with van der Waals surface area (Å²) in [4.78, 5) is 20.6. The normalized spacial score (nSPS) is 22.0. The van der Waals surface area contributed by atoms with Crippen LogP contribution in [0, 0.1) is 0 Å². The Kier molecular flexibility index (Phi) is 5.82. The summed E-state index contributed by atoms with van der Waals surface area (Å²) < 4.78 is 20.6. The summed E-state index contributed by atoms with van der Waals surface area (Å²) >= 11 is 0. The van der Waals surface area contributed by atoms with Crippen LogP contribution in [0.2, 0.25) is 0 Å². The summed E-state index contributed by atoms with van der Waals surface area (Å²) in [7, 11) is -7.23. The Hall–Kier alpha value is 1.15. The third-order valence-electron chi connectivity index (χ3n) is 0.514. The van der Waals surface area contributed by atoms with E-state index in [4.69, 9.17) is 0 Å². The van der Waals surface area contributed by atoms with Crippen molar-refractivity contribution in [2.45, 2.75) is 0 Å². The number of hydrogen-bond donors (Lipinski definition) is 0. The maximum atomic E-state index is 10.3. The van der Waals surface area contributed by atoms with Crippen molar-refractivity contribution in [3.05, 3.63) is 0 Å². The second-order valence-electron chi connectivity index (χ2n) is 2.17. The van der Waals surface area contributed by atoms with E-state index in [1.165, 1.54) is 0 Å². The Morgan fingerprint density at radius 2 is 1.30 bits per heavy atom. The average Bonchev–Trinajstić information content (AvgIpc) is 1.14. The maximum Gasteiger partial charge on any atom is 2.00 e. The van der Waals surface area contributed by atoms with Gasteiger partial charge in [0.2, 0.25) is 0 Å². The fourth-order valence-electron chi connectivity index (χ4n) is 0.467. The Balaban J connectivity index is 0. The van der Waals surface area contributed by atoms with Crippen molar-refractivity contribution in [3.63, 3.8) is 0 Å². The molecule has 0 radical (unpaired) electrons. The van der Waals surface area contributed by atoms with Crippen LogP contribution in [0.4, 0.5) is 0 Å². The second kappa shape index (κ2) is 4.24. The van der Waals surface area contributed by atoms with E-state index in [1.54, 1.807) is 0 Å². The van der Waals surface area contributed by atoms with E-state index >= 15 is 0 Å². The first kappa shape index (κ1) is 13.7. The summed E-state index contributed by atoms with van der Waals surface area (Å²) in [5.74, 6) is -0.708. The molecule has 0 saturated heterocycles. The first-order valence-corrected chi connectivity index (χ1v) is 6.77. The molecule has 0 spiro atoms. The SMILES string of the molecule is CP(=O)([O-])CP(C)(=O)[O-].[Mg+2]. The van der Waals surface area contributed by atoms with Crippen molar-refractivity contribution in [2.75, 3.05) is 19.2 Å². The van der Waals surface area contributed by atoms with Crippen LogP contribution < -0.4 is 9.79 Å². The number of hydrogen-bond acceptors (Lipinski definition) is 4. The van der Waals surface area contributed by atoms with E-state index < -0.39 is 20.6 Å². The van der Waals surface area contributed by atoms with Crippen molar-refractivity contribution in [1.82, 2.24) is 0 Å². The summed E-state index contributed by atoms with van der Waals surface area (Å²) in [6, 6.07) is 0. The minimum atomic E-state index is -3.61. The Morgan fingerprint density at radius 1 is 1.10 bits per heavy atom. The van der Waals surface area contributed by atoms with E-state index in [-0.39, 0.29) is 23.1 Å². The van der Waals surface area contributed by atoms with Gasteiger partial charge in [-0.25, -0.2) is 0 Å². The Labute approximate surface area is 76.1 Å². The topological polar surface area (TPSA) is 80.3 Å². The van der Waals surface area contributed by atoms with Crippen molar-refractivity contribution in [2.24, 2.45) is 0 Å². The van der Waals surface area contributed by atoms with Gasteiger partial charge >= 0.3 is 23.1 Å². The van der Waals surface area contributed by atoms with Crippen LogP contribution in [-0.2, 0) is 9.13 Å². The van der Waals surface area contributed by atoms with Crippen molar-refractivity contribution in [1.29, 1.82) is 0 Å². The van der Waals surface area contributed by atoms with Gasteiger partial charge in [-0.05, 0) is 13.3 Å². The quantitative estimate of drug-likeness (QED) is 0.421. The molecule has 56 valence electrons. The first-order chi connectivity index (χ1) is 3.71. The van der Waals surface area contributed by atoms with Crippen LogP contribution in [0.5, 0.6) is 0 Å². The van der Waals surface area contributed by atoms with Gasteiger partial charge in [-0.1, -0.05) is 0 Å². The molecule has 0 aromatic carbocycles. The molecule has 4 nitrogen and oxygen atoms in total. The standard InChI is InChI=1S/C3H10O4P2.Mg/c1-8(4,5)3-9(2,6)7;/h3H2,1-2H3,(H,4,5)(H,6,7);/q;+2/p-2. The third-order valence-corrected chi connectivity index (χ3v) is 4.62. The van der Waals surface area contributed by atoms with Crippen LogP contribution in [0.25, 0.3) is 0 Å². The van der Waals surface area contributed by atoms with Gasteiger partial charge in [0.1, 0.15) is 0 Å². The van der Waals surface area contributed by atoms with E-state index in [0.29, 0.717) is 0 Å². The largest absolute Gasteiger partial charge is 2.00 e. The maximum absolute atomic E-state index is 10.3. The van der Waals surface area contributed by atoms with Gasteiger partial charge in [-0.2, -0.15) is 0 Å². The average molecular weight is 194 g/mol. The minimum Gasteiger partial charge on any atom is -0.799 e. The summed E-state index contributed by atoms with van der Waals surface area (Å²) in [6.45, 7) is 1.84. The second-order valence-corrected chi connectivity index (χ2v) is 7.36. The molecule has 0 heterocycles. The fraction of sp³-hybridized carbons (Fsp3) is 1.00. The molecule has 0 aromatic rings. The minimum absolute atomic E-state index is 0. The zero-order chi connectivity index (χ0) is 7.71. The monoisotopic (exact) mass is 194 g/mol. The molecule has 0 amide bonds. The molecular formula is C3H8MgO4P2. The van der Waals surface area contributed by atoms with Crippen LogP contribution in [0.1, 0.15) is 0 Å². The summed E-state index contributed by atoms with van der Waals surface area (Å²) in [5.41, 5.74) is 0. The number of rotatable bonds is 2. The van der Waals surface area contributed by atoms with Gasteiger partial charge in [0, 0.05) is 20.6 Å². The predicted octanol–water partition coefficient (Wildman–Crippen LogP) is -0.901. The first-order valence-electron chi connectivity index (χ1n) is 2.26. The molecule has 2 atom stereocenters. The molecule has 2 unspecified atom stereocenters. The third kappa shape index (κ3) is 11.9. The van der Waals surface area contributed by atoms with Gasteiger partial charge in [0.05, 0.1) is 0 Å². The summed E-state index contributed by atoms with van der Waals surface area (Å²) in [6.07, 6.45) is 0. The van der Waals surface area contributed by atoms with Crippen molar-refractivity contribution >= 4 is 37.8 Å². The molecule has 0 rings (SSSR count). The van der Waals surface area contributed by atoms with Gasteiger partial charge in [-0.3, -0.25) is 0 Å². The molecule has 0 aliphatic heterocycles. The van der Waals surface area contributed by atoms with E-state index in [2.05, 4.69) is 0 Å². The molecule has 7 heteroatoms. The molecule has 0 saturated carbocycles. The van der Waals surface area contributed by atoms with Gasteiger partial charge < -0.3 is 18.9 Å². The molecule has 0 N–H and O–H groups in total. The molecule has 0 fully saturated rings. The summed E-state index contributed by atoms with van der Waals surface area (Å²) in [5, 5.41) is 0. The van der Waals surface area contributed by atoms with Crippen LogP contribution in [0.3, 0.4) is 0 Å². The van der Waals surface area contributed by atoms with Gasteiger partial charge in [0.25, 0.3) is 0 Å². The van der Waals surface area contributed by atoms with Crippen LogP contribution in [0.15, 0.2) is 0 Å². The van der Waals surface area contributed by atoms with Gasteiger partial charge in [-0.15, -0.1) is 0 Å². The van der Waals surface area contributed by atoms with Gasteiger partial charge in [0.15, 0.2) is 0 Å². The van der Waals surface area contributed by atoms with Crippen LogP contribution >= 0.6 is 14.7 Å². The zero-order valence-electron chi connectivity index (χ0n) is 5.94. The zero-order valence-corrected chi connectivity index (χ0v) is 9.14. The molecule has 10 heavy (non-hydrogen) atoms. The fourth-order valence-corrected chi connectivity index (χ4v) is 4.20.